The van der Waals surface area contributed by atoms with E-state index in [1.807, 2.05) is 26.0 Å². The van der Waals surface area contributed by atoms with Gasteiger partial charge in [0, 0.05) is 25.6 Å². The molecule has 2 aromatic carbocycles. The molecule has 0 radical (unpaired) electrons. The number of ether oxygens (including phenoxy) is 1. The molecule has 2 aliphatic rings. The minimum Gasteiger partial charge on any atom is -0.452 e. The first kappa shape index (κ1) is 20.6. The van der Waals surface area contributed by atoms with Crippen LogP contribution in [0.2, 0.25) is 0 Å². The lowest BCUT2D eigenvalue weighted by Gasteiger charge is -2.46. The molecule has 1 saturated heterocycles. The lowest BCUT2D eigenvalue weighted by Crippen LogP contribution is -2.67. The highest BCUT2D eigenvalue weighted by atomic mass is 16.5. The number of nitrogens with zero attached hydrogens (tertiary/aromatic N) is 2. The van der Waals surface area contributed by atoms with E-state index in [0.29, 0.717) is 16.9 Å². The summed E-state index contributed by atoms with van der Waals surface area (Å²) < 4.78 is 5.32. The van der Waals surface area contributed by atoms with Crippen LogP contribution in [0.25, 0.3) is 0 Å². The maximum absolute atomic E-state index is 13.2. The fourth-order valence-electron chi connectivity index (χ4n) is 4.15. The molecule has 160 valence electrons. The largest absolute Gasteiger partial charge is 0.452 e. The fraction of sp³-hybridized carbons (Fsp3) is 0.304. The zero-order chi connectivity index (χ0) is 22.3. The van der Waals surface area contributed by atoms with Gasteiger partial charge >= 0.3 is 5.97 Å². The van der Waals surface area contributed by atoms with Gasteiger partial charge < -0.3 is 15.0 Å². The molecule has 8 nitrogen and oxygen atoms in total. The molecule has 2 aromatic rings. The quantitative estimate of drug-likeness (QED) is 0.765. The lowest BCUT2D eigenvalue weighted by molar-refractivity contribution is -0.158. The lowest BCUT2D eigenvalue weighted by atomic mass is 9.97. The Morgan fingerprint density at radius 3 is 2.58 bits per heavy atom. The number of hydrogen-bond acceptors (Lipinski definition) is 5. The molecule has 4 rings (SSSR count). The molecule has 2 aliphatic heterocycles. The van der Waals surface area contributed by atoms with Crippen LogP contribution in [-0.2, 0) is 19.1 Å². The zero-order valence-electron chi connectivity index (χ0n) is 17.6. The summed E-state index contributed by atoms with van der Waals surface area (Å²) in [5.41, 5.74) is 1.85. The van der Waals surface area contributed by atoms with E-state index in [0.717, 1.165) is 11.1 Å². The van der Waals surface area contributed by atoms with Gasteiger partial charge in [-0.1, -0.05) is 18.2 Å². The van der Waals surface area contributed by atoms with Crippen molar-refractivity contribution in [2.45, 2.75) is 32.4 Å². The Labute approximate surface area is 179 Å². The molecular formula is C23H23N3O5. The van der Waals surface area contributed by atoms with Crippen LogP contribution in [0.1, 0.15) is 34.3 Å². The fourth-order valence-corrected chi connectivity index (χ4v) is 4.15. The molecule has 31 heavy (non-hydrogen) atoms. The Kier molecular flexibility index (Phi) is 5.00. The van der Waals surface area contributed by atoms with Crippen molar-refractivity contribution >= 4 is 35.1 Å². The van der Waals surface area contributed by atoms with Crippen molar-refractivity contribution in [2.75, 3.05) is 23.9 Å². The monoisotopic (exact) mass is 421 g/mol. The molecule has 1 fully saturated rings. The topological polar surface area (TPSA) is 96.0 Å². The van der Waals surface area contributed by atoms with Crippen LogP contribution in [0.15, 0.2) is 42.5 Å². The number of carbonyl (C=O) groups excluding carboxylic acids is 4. The number of anilines is 2. The summed E-state index contributed by atoms with van der Waals surface area (Å²) >= 11 is 0. The summed E-state index contributed by atoms with van der Waals surface area (Å²) in [5, 5.41) is 2.69. The summed E-state index contributed by atoms with van der Waals surface area (Å²) in [6.45, 7) is 3.37. The molecule has 8 heteroatoms. The predicted octanol–water partition coefficient (Wildman–Crippen LogP) is 2.39. The summed E-state index contributed by atoms with van der Waals surface area (Å²) in [6.07, 6.45) is 0.190. The summed E-state index contributed by atoms with van der Waals surface area (Å²) in [5.74, 6) is -1.96. The molecule has 3 amide bonds. The van der Waals surface area contributed by atoms with Crippen LogP contribution in [0.4, 0.5) is 11.4 Å². The first-order valence-electron chi connectivity index (χ1n) is 10.0. The van der Waals surface area contributed by atoms with E-state index in [-0.39, 0.29) is 24.7 Å². The number of esters is 1. The molecule has 0 unspecified atom stereocenters. The highest BCUT2D eigenvalue weighted by Gasteiger charge is 2.60. The van der Waals surface area contributed by atoms with Gasteiger partial charge in [0.2, 0.25) is 11.6 Å². The highest BCUT2D eigenvalue weighted by molar-refractivity contribution is 6.15. The van der Waals surface area contributed by atoms with Gasteiger partial charge in [0.25, 0.3) is 11.8 Å². The number of carbonyl (C=O) groups is 4. The second kappa shape index (κ2) is 7.54. The van der Waals surface area contributed by atoms with Gasteiger partial charge in [0.15, 0.2) is 6.61 Å². The van der Waals surface area contributed by atoms with E-state index in [9.17, 15) is 19.2 Å². The van der Waals surface area contributed by atoms with Gasteiger partial charge in [-0.25, -0.2) is 4.79 Å². The van der Waals surface area contributed by atoms with Crippen LogP contribution in [0.3, 0.4) is 0 Å². The van der Waals surface area contributed by atoms with Gasteiger partial charge in [-0.05, 0) is 49.2 Å². The summed E-state index contributed by atoms with van der Waals surface area (Å²) in [7, 11) is 1.47. The number of amides is 3. The maximum atomic E-state index is 13.2. The standard InChI is InChI=1S/C23H23N3O5/c1-14-8-9-16(12-15(14)2)24-19(27)13-31-22(30)23-11-10-20(28)26(23)18-7-5-4-6-17(18)21(29)25(23)3/h4-9,12H,10-11,13H2,1-3H3,(H,24,27)/t23-/m1/s1. The Balaban J connectivity index is 1.54. The Bertz CT molecular complexity index is 1110. The zero-order valence-corrected chi connectivity index (χ0v) is 17.6. The second-order valence-corrected chi connectivity index (χ2v) is 7.85. The van der Waals surface area contributed by atoms with Crippen molar-refractivity contribution in [3.63, 3.8) is 0 Å². The van der Waals surface area contributed by atoms with Crippen molar-refractivity contribution in [3.05, 3.63) is 59.2 Å². The van der Waals surface area contributed by atoms with E-state index in [1.165, 1.54) is 16.8 Å². The molecular weight excluding hydrogens is 398 g/mol. The number of benzene rings is 2. The van der Waals surface area contributed by atoms with Crippen LogP contribution >= 0.6 is 0 Å². The number of fused-ring (bicyclic) bond motifs is 3. The van der Waals surface area contributed by atoms with Crippen molar-refractivity contribution in [2.24, 2.45) is 0 Å². The van der Waals surface area contributed by atoms with Crippen molar-refractivity contribution in [3.8, 4) is 0 Å². The first-order chi connectivity index (χ1) is 14.8. The van der Waals surface area contributed by atoms with E-state index in [4.69, 9.17) is 4.74 Å². The number of rotatable bonds is 4. The average Bonchev–Trinajstić information content (AvgIpc) is 3.11. The average molecular weight is 421 g/mol. The highest BCUT2D eigenvalue weighted by Crippen LogP contribution is 2.44. The van der Waals surface area contributed by atoms with E-state index in [2.05, 4.69) is 5.32 Å². The Hall–Kier alpha value is -3.68. The van der Waals surface area contributed by atoms with Gasteiger partial charge in [-0.2, -0.15) is 0 Å². The number of hydrogen-bond donors (Lipinski definition) is 1. The third-order valence-electron chi connectivity index (χ3n) is 5.99. The number of nitrogens with one attached hydrogen (secondary N) is 1. The minimum absolute atomic E-state index is 0.0931. The summed E-state index contributed by atoms with van der Waals surface area (Å²) in [6, 6.07) is 12.1. The molecule has 1 N–H and O–H groups in total. The molecule has 2 heterocycles. The summed E-state index contributed by atoms with van der Waals surface area (Å²) in [4.78, 5) is 53.7. The van der Waals surface area contributed by atoms with Crippen molar-refractivity contribution < 1.29 is 23.9 Å². The maximum Gasteiger partial charge on any atom is 0.354 e. The molecule has 0 aliphatic carbocycles. The number of likely N-dealkylation sites (N-methyl/N-ethyl adjacent to an activating group) is 1. The molecule has 0 bridgehead atoms. The number of para-hydroxylation sites is 1. The SMILES string of the molecule is Cc1ccc(NC(=O)COC(=O)[C@@]23CCC(=O)N2c2ccccc2C(=O)N3C)cc1C. The van der Waals surface area contributed by atoms with Gasteiger partial charge in [0.05, 0.1) is 11.3 Å². The van der Waals surface area contributed by atoms with E-state index >= 15 is 0 Å². The smallest absolute Gasteiger partial charge is 0.354 e. The molecule has 0 aromatic heterocycles. The number of aryl methyl sites for hydroxylation is 2. The molecule has 1 atom stereocenters. The predicted molar refractivity (Wildman–Crippen MR) is 113 cm³/mol. The van der Waals surface area contributed by atoms with E-state index in [1.54, 1.807) is 30.3 Å². The van der Waals surface area contributed by atoms with Gasteiger partial charge in [0.1, 0.15) is 0 Å². The van der Waals surface area contributed by atoms with E-state index < -0.39 is 24.1 Å². The van der Waals surface area contributed by atoms with Crippen LogP contribution < -0.4 is 10.2 Å². The normalized spacial score (nSPS) is 19.7. The molecule has 0 saturated carbocycles. The van der Waals surface area contributed by atoms with Gasteiger partial charge in [-0.15, -0.1) is 0 Å². The Morgan fingerprint density at radius 2 is 1.84 bits per heavy atom. The van der Waals surface area contributed by atoms with Crippen molar-refractivity contribution in [1.29, 1.82) is 0 Å². The Morgan fingerprint density at radius 1 is 1.10 bits per heavy atom. The van der Waals surface area contributed by atoms with Gasteiger partial charge in [-0.3, -0.25) is 19.3 Å². The third kappa shape index (κ3) is 3.24. The van der Waals surface area contributed by atoms with Crippen LogP contribution in [-0.4, -0.2) is 47.9 Å². The van der Waals surface area contributed by atoms with Crippen molar-refractivity contribution in [1.82, 2.24) is 4.90 Å². The van der Waals surface area contributed by atoms with Crippen LogP contribution in [0.5, 0.6) is 0 Å². The third-order valence-corrected chi connectivity index (χ3v) is 5.99. The second-order valence-electron chi connectivity index (χ2n) is 7.85. The minimum atomic E-state index is -1.59. The molecule has 0 spiro atoms. The first-order valence-corrected chi connectivity index (χ1v) is 10.0. The van der Waals surface area contributed by atoms with Crippen LogP contribution in [0, 0.1) is 13.8 Å².